The van der Waals surface area contributed by atoms with Crippen molar-refractivity contribution in [2.24, 2.45) is 5.92 Å². The molecule has 0 fully saturated rings. The zero-order valence-electron chi connectivity index (χ0n) is 14.6. The monoisotopic (exact) mass is 421 g/mol. The summed E-state index contributed by atoms with van der Waals surface area (Å²) in [6.07, 6.45) is 1.92. The van der Waals surface area contributed by atoms with E-state index in [2.05, 4.69) is 27.8 Å². The lowest BCUT2D eigenvalue weighted by molar-refractivity contribution is -0.144. The fraction of sp³-hybridized carbons (Fsp3) is 0.368. The lowest BCUT2D eigenvalue weighted by atomic mass is 9.71. The molecule has 26 heavy (non-hydrogen) atoms. The molecule has 138 valence electrons. The van der Waals surface area contributed by atoms with Gasteiger partial charge in [0.15, 0.2) is 17.3 Å². The van der Waals surface area contributed by atoms with Gasteiger partial charge in [-0.25, -0.2) is 0 Å². The highest BCUT2D eigenvalue weighted by molar-refractivity contribution is 9.10. The molecule has 0 saturated carbocycles. The Labute approximate surface area is 160 Å². The summed E-state index contributed by atoms with van der Waals surface area (Å²) in [6, 6.07) is 3.34. The van der Waals surface area contributed by atoms with Crippen molar-refractivity contribution in [2.45, 2.75) is 25.2 Å². The fourth-order valence-corrected chi connectivity index (χ4v) is 4.15. The van der Waals surface area contributed by atoms with E-state index in [9.17, 15) is 14.7 Å². The molecule has 6 nitrogen and oxygen atoms in total. The van der Waals surface area contributed by atoms with Crippen LogP contribution in [0, 0.1) is 5.92 Å². The molecule has 1 aromatic carbocycles. The van der Waals surface area contributed by atoms with Crippen molar-refractivity contribution in [3.63, 3.8) is 0 Å². The number of nitrogens with one attached hydrogen (secondary N) is 1. The molecule has 1 heterocycles. The summed E-state index contributed by atoms with van der Waals surface area (Å²) < 4.78 is 10.6. The first-order valence-corrected chi connectivity index (χ1v) is 9.04. The van der Waals surface area contributed by atoms with Crippen molar-refractivity contribution in [3.8, 4) is 11.5 Å². The topological polar surface area (TPSA) is 84.9 Å². The molecule has 7 heteroatoms. The Balaban J connectivity index is 2.24. The number of carbonyl (C=O) groups is 2. The van der Waals surface area contributed by atoms with Crippen LogP contribution in [0.15, 0.2) is 40.2 Å². The normalized spacial score (nSPS) is 22.6. The molecule has 0 bridgehead atoms. The second-order valence-corrected chi connectivity index (χ2v) is 7.21. The maximum absolute atomic E-state index is 12.7. The first-order chi connectivity index (χ1) is 12.4. The summed E-state index contributed by atoms with van der Waals surface area (Å²) in [5.41, 5.74) is 2.56. The molecule has 2 N–H and O–H groups in total. The molecule has 0 saturated heterocycles. The van der Waals surface area contributed by atoms with Gasteiger partial charge in [-0.15, -0.1) is 0 Å². The van der Waals surface area contributed by atoms with E-state index in [-0.39, 0.29) is 17.3 Å². The molecule has 0 amide bonds. The van der Waals surface area contributed by atoms with Gasteiger partial charge in [0.1, 0.15) is 5.92 Å². The summed E-state index contributed by atoms with van der Waals surface area (Å²) in [5.74, 6) is -1.55. The lowest BCUT2D eigenvalue weighted by Crippen LogP contribution is -2.40. The van der Waals surface area contributed by atoms with Crippen LogP contribution in [0.3, 0.4) is 0 Å². The van der Waals surface area contributed by atoms with E-state index in [0.717, 1.165) is 18.5 Å². The highest BCUT2D eigenvalue weighted by Gasteiger charge is 2.44. The summed E-state index contributed by atoms with van der Waals surface area (Å²) in [7, 11) is 2.76. The number of hydrogen-bond donors (Lipinski definition) is 2. The molecular formula is C19H20BrNO5. The first-order valence-electron chi connectivity index (χ1n) is 8.25. The van der Waals surface area contributed by atoms with Crippen molar-refractivity contribution in [1.29, 1.82) is 0 Å². The predicted molar refractivity (Wildman–Crippen MR) is 98.8 cm³/mol. The van der Waals surface area contributed by atoms with Gasteiger partial charge in [0.25, 0.3) is 0 Å². The number of phenolic OH excluding ortho intramolecular Hbond substituents is 1. The van der Waals surface area contributed by atoms with Gasteiger partial charge in [0.2, 0.25) is 0 Å². The van der Waals surface area contributed by atoms with E-state index in [0.29, 0.717) is 27.7 Å². The summed E-state index contributed by atoms with van der Waals surface area (Å²) in [5, 5.41) is 13.2. The fourth-order valence-electron chi connectivity index (χ4n) is 3.69. The van der Waals surface area contributed by atoms with Crippen LogP contribution in [-0.4, -0.2) is 31.1 Å². The van der Waals surface area contributed by atoms with Crippen molar-refractivity contribution in [1.82, 2.24) is 5.32 Å². The molecule has 0 aromatic heterocycles. The van der Waals surface area contributed by atoms with Gasteiger partial charge in [0.05, 0.1) is 18.7 Å². The third kappa shape index (κ3) is 3.00. The van der Waals surface area contributed by atoms with Crippen LogP contribution in [0.25, 0.3) is 0 Å². The zero-order valence-corrected chi connectivity index (χ0v) is 16.2. The van der Waals surface area contributed by atoms with E-state index in [1.807, 2.05) is 0 Å². The highest BCUT2D eigenvalue weighted by atomic mass is 79.9. The van der Waals surface area contributed by atoms with Crippen LogP contribution in [0.2, 0.25) is 0 Å². The van der Waals surface area contributed by atoms with Crippen molar-refractivity contribution >= 4 is 27.7 Å². The molecule has 2 aliphatic rings. The first kappa shape index (κ1) is 18.5. The average molecular weight is 422 g/mol. The molecule has 0 spiro atoms. The molecule has 1 aliphatic carbocycles. The summed E-state index contributed by atoms with van der Waals surface area (Å²) in [6.45, 7) is 3.99. The molecule has 1 aliphatic heterocycles. The Morgan fingerprint density at radius 3 is 2.73 bits per heavy atom. The van der Waals surface area contributed by atoms with Gasteiger partial charge < -0.3 is 19.9 Å². The van der Waals surface area contributed by atoms with E-state index >= 15 is 0 Å². The molecule has 2 unspecified atom stereocenters. The average Bonchev–Trinajstić information content (AvgIpc) is 2.62. The van der Waals surface area contributed by atoms with Gasteiger partial charge in [-0.3, -0.25) is 9.59 Å². The number of methoxy groups -OCH3 is 2. The second-order valence-electron chi connectivity index (χ2n) is 6.35. The van der Waals surface area contributed by atoms with Gasteiger partial charge in [-0.1, -0.05) is 6.58 Å². The van der Waals surface area contributed by atoms with Crippen molar-refractivity contribution < 1.29 is 24.2 Å². The maximum atomic E-state index is 12.7. The largest absolute Gasteiger partial charge is 0.503 e. The number of esters is 1. The molecular weight excluding hydrogens is 402 g/mol. The number of carbonyl (C=O) groups excluding carboxylic acids is 2. The minimum Gasteiger partial charge on any atom is -0.503 e. The number of rotatable bonds is 3. The number of ketones is 1. The van der Waals surface area contributed by atoms with Crippen LogP contribution in [-0.2, 0) is 14.3 Å². The van der Waals surface area contributed by atoms with Gasteiger partial charge in [-0.05, 0) is 46.5 Å². The van der Waals surface area contributed by atoms with E-state index < -0.39 is 17.8 Å². The predicted octanol–water partition coefficient (Wildman–Crippen LogP) is 3.16. The van der Waals surface area contributed by atoms with Gasteiger partial charge >= 0.3 is 5.97 Å². The number of phenols is 1. The number of ether oxygens (including phenoxy) is 2. The van der Waals surface area contributed by atoms with Crippen LogP contribution in [0.5, 0.6) is 11.5 Å². The quantitative estimate of drug-likeness (QED) is 0.729. The van der Waals surface area contributed by atoms with Crippen LogP contribution in [0.1, 0.15) is 30.7 Å². The van der Waals surface area contributed by atoms with Gasteiger partial charge in [-0.2, -0.15) is 0 Å². The smallest absolute Gasteiger partial charge is 0.315 e. The minimum absolute atomic E-state index is 0.00770. The van der Waals surface area contributed by atoms with Crippen LogP contribution in [0.4, 0.5) is 0 Å². The molecule has 2 atom stereocenters. The van der Waals surface area contributed by atoms with Gasteiger partial charge in [0, 0.05) is 29.3 Å². The van der Waals surface area contributed by atoms with E-state index in [1.54, 1.807) is 12.1 Å². The van der Waals surface area contributed by atoms with E-state index in [1.165, 1.54) is 14.2 Å². The Hall–Kier alpha value is -2.28. The van der Waals surface area contributed by atoms with Crippen LogP contribution < -0.4 is 10.1 Å². The van der Waals surface area contributed by atoms with Crippen molar-refractivity contribution in [3.05, 3.63) is 45.7 Å². The molecule has 0 radical (unpaired) electrons. The van der Waals surface area contributed by atoms with E-state index in [4.69, 9.17) is 9.47 Å². The SMILES string of the molecule is C=C1NC2=C(C(=O)CCC2)C(c2cc(Br)c(O)c(OC)c2)C1C(=O)OC. The number of aromatic hydroxyl groups is 1. The summed E-state index contributed by atoms with van der Waals surface area (Å²) >= 11 is 3.31. The summed E-state index contributed by atoms with van der Waals surface area (Å²) in [4.78, 5) is 25.2. The Morgan fingerprint density at radius 1 is 1.35 bits per heavy atom. The lowest BCUT2D eigenvalue weighted by Gasteiger charge is -2.38. The van der Waals surface area contributed by atoms with Crippen molar-refractivity contribution in [2.75, 3.05) is 14.2 Å². The standard InChI is InChI=1S/C19H20BrNO5/c1-9-15(19(24)26-3)16(17-12(21-9)5-4-6-13(17)22)10-7-11(20)18(23)14(8-10)25-2/h7-8,15-16,21,23H,1,4-6H2,2-3H3. The second kappa shape index (κ2) is 7.15. The Kier molecular flexibility index (Phi) is 5.09. The molecule has 1 aromatic rings. The third-order valence-corrected chi connectivity index (χ3v) is 5.48. The number of allylic oxidation sites excluding steroid dienone is 2. The Bertz CT molecular complexity index is 829. The Morgan fingerprint density at radius 2 is 2.08 bits per heavy atom. The third-order valence-electron chi connectivity index (χ3n) is 4.87. The number of hydrogen-bond acceptors (Lipinski definition) is 6. The number of Topliss-reactive ketones (excluding diaryl/α,β-unsaturated/α-hetero) is 1. The number of benzene rings is 1. The zero-order chi connectivity index (χ0) is 19.0. The maximum Gasteiger partial charge on any atom is 0.315 e. The minimum atomic E-state index is -0.748. The highest BCUT2D eigenvalue weighted by Crippen LogP contribution is 2.47. The van der Waals surface area contributed by atoms with Crippen LogP contribution >= 0.6 is 15.9 Å². The molecule has 3 rings (SSSR count). The number of halogens is 1.